The van der Waals surface area contributed by atoms with Crippen molar-refractivity contribution >= 4 is 10.9 Å². The summed E-state index contributed by atoms with van der Waals surface area (Å²) in [4.78, 5) is 0. The highest BCUT2D eigenvalue weighted by atomic mass is 16.5. The fraction of sp³-hybridized carbons (Fsp3) is 0.467. The second-order valence-electron chi connectivity index (χ2n) is 5.26. The van der Waals surface area contributed by atoms with E-state index in [1.165, 1.54) is 27.7 Å². The van der Waals surface area contributed by atoms with Gasteiger partial charge < -0.3 is 14.6 Å². The fourth-order valence-corrected chi connectivity index (χ4v) is 3.45. The molecule has 3 heterocycles. The summed E-state index contributed by atoms with van der Waals surface area (Å²) in [7, 11) is 0. The van der Waals surface area contributed by atoms with Crippen molar-refractivity contribution in [2.24, 2.45) is 0 Å². The number of benzene rings is 1. The van der Waals surface area contributed by atoms with Gasteiger partial charge in [-0.05, 0) is 12.5 Å². The molecule has 0 bridgehead atoms. The van der Waals surface area contributed by atoms with Crippen LogP contribution >= 0.6 is 0 Å². The number of fused-ring (bicyclic) bond motifs is 3. The molecule has 94 valence electrons. The molecule has 3 nitrogen and oxygen atoms in total. The van der Waals surface area contributed by atoms with Gasteiger partial charge in [0, 0.05) is 42.7 Å². The topological polar surface area (TPSA) is 26.2 Å². The standard InChI is InChI=1S/C15H18N2O/c1-10-11-3-2-4-12-13-9-16-6-5-14(13)17(15(11)12)7-8-18-10/h2-4,10,16H,5-9H2,1H3. The van der Waals surface area contributed by atoms with Gasteiger partial charge in [0.05, 0.1) is 18.2 Å². The van der Waals surface area contributed by atoms with Crippen LogP contribution in [0.1, 0.15) is 29.8 Å². The fourth-order valence-electron chi connectivity index (χ4n) is 3.45. The van der Waals surface area contributed by atoms with E-state index in [4.69, 9.17) is 4.74 Å². The van der Waals surface area contributed by atoms with Crippen molar-refractivity contribution in [3.8, 4) is 0 Å². The van der Waals surface area contributed by atoms with Gasteiger partial charge in [-0.15, -0.1) is 0 Å². The Hall–Kier alpha value is -1.32. The number of rotatable bonds is 0. The molecule has 1 atom stereocenters. The summed E-state index contributed by atoms with van der Waals surface area (Å²) in [5.74, 6) is 0. The maximum absolute atomic E-state index is 5.89. The van der Waals surface area contributed by atoms with Gasteiger partial charge in [-0.2, -0.15) is 0 Å². The highest BCUT2D eigenvalue weighted by molar-refractivity contribution is 5.89. The van der Waals surface area contributed by atoms with Crippen molar-refractivity contribution < 1.29 is 4.74 Å². The van der Waals surface area contributed by atoms with Gasteiger partial charge >= 0.3 is 0 Å². The maximum Gasteiger partial charge on any atom is 0.0818 e. The Morgan fingerprint density at radius 3 is 3.28 bits per heavy atom. The Bertz CT molecular complexity index is 614. The number of nitrogens with one attached hydrogen (secondary N) is 1. The number of ether oxygens (including phenoxy) is 1. The molecule has 1 aromatic carbocycles. The van der Waals surface area contributed by atoms with Crippen LogP contribution in [0.3, 0.4) is 0 Å². The molecule has 2 aliphatic heterocycles. The van der Waals surface area contributed by atoms with E-state index in [9.17, 15) is 0 Å². The van der Waals surface area contributed by atoms with E-state index >= 15 is 0 Å². The van der Waals surface area contributed by atoms with Gasteiger partial charge in [-0.1, -0.05) is 18.2 Å². The molecule has 0 radical (unpaired) electrons. The van der Waals surface area contributed by atoms with Gasteiger partial charge in [0.2, 0.25) is 0 Å². The second kappa shape index (κ2) is 3.84. The van der Waals surface area contributed by atoms with Crippen molar-refractivity contribution in [2.45, 2.75) is 32.5 Å². The van der Waals surface area contributed by atoms with Gasteiger partial charge in [0.15, 0.2) is 0 Å². The van der Waals surface area contributed by atoms with Crippen molar-refractivity contribution in [3.63, 3.8) is 0 Å². The van der Waals surface area contributed by atoms with E-state index in [-0.39, 0.29) is 6.10 Å². The number of hydrogen-bond acceptors (Lipinski definition) is 2. The first-order chi connectivity index (χ1) is 8.86. The SMILES string of the molecule is CC1OCCn2c3c(c4cccc1c42)CNCC3. The number of aromatic nitrogens is 1. The van der Waals surface area contributed by atoms with Crippen LogP contribution < -0.4 is 5.32 Å². The minimum atomic E-state index is 0.208. The lowest BCUT2D eigenvalue weighted by atomic mass is 10.0. The molecule has 0 fully saturated rings. The van der Waals surface area contributed by atoms with E-state index < -0.39 is 0 Å². The first-order valence-electron chi connectivity index (χ1n) is 6.81. The van der Waals surface area contributed by atoms with Crippen LogP contribution in [-0.4, -0.2) is 17.7 Å². The molecular formula is C15H18N2O. The number of para-hydroxylation sites is 1. The first kappa shape index (κ1) is 10.6. The highest BCUT2D eigenvalue weighted by Crippen LogP contribution is 2.35. The molecule has 0 spiro atoms. The predicted octanol–water partition coefficient (Wildman–Crippen LogP) is 2.38. The van der Waals surface area contributed by atoms with Crippen LogP contribution in [-0.2, 0) is 24.2 Å². The maximum atomic E-state index is 5.89. The molecule has 3 heteroatoms. The van der Waals surface area contributed by atoms with Gasteiger partial charge in [-0.3, -0.25) is 0 Å². The molecule has 0 aliphatic carbocycles. The molecular weight excluding hydrogens is 224 g/mol. The average molecular weight is 242 g/mol. The zero-order valence-electron chi connectivity index (χ0n) is 10.7. The third-order valence-electron chi connectivity index (χ3n) is 4.30. The van der Waals surface area contributed by atoms with Gasteiger partial charge in [-0.25, -0.2) is 0 Å². The van der Waals surface area contributed by atoms with Crippen LogP contribution in [0.25, 0.3) is 10.9 Å². The van der Waals surface area contributed by atoms with Crippen molar-refractivity contribution in [3.05, 3.63) is 35.0 Å². The summed E-state index contributed by atoms with van der Waals surface area (Å²) < 4.78 is 8.39. The summed E-state index contributed by atoms with van der Waals surface area (Å²) >= 11 is 0. The van der Waals surface area contributed by atoms with Crippen molar-refractivity contribution in [2.75, 3.05) is 13.2 Å². The molecule has 18 heavy (non-hydrogen) atoms. The molecule has 0 saturated heterocycles. The van der Waals surface area contributed by atoms with Crippen molar-refractivity contribution in [1.82, 2.24) is 9.88 Å². The summed E-state index contributed by atoms with van der Waals surface area (Å²) in [6, 6.07) is 6.65. The third kappa shape index (κ3) is 1.32. The Morgan fingerprint density at radius 1 is 1.39 bits per heavy atom. The van der Waals surface area contributed by atoms with Gasteiger partial charge in [0.1, 0.15) is 0 Å². The quantitative estimate of drug-likeness (QED) is 0.767. The minimum absolute atomic E-state index is 0.208. The van der Waals surface area contributed by atoms with E-state index in [0.29, 0.717) is 0 Å². The molecule has 2 aromatic rings. The van der Waals surface area contributed by atoms with Gasteiger partial charge in [0.25, 0.3) is 0 Å². The highest BCUT2D eigenvalue weighted by Gasteiger charge is 2.24. The van der Waals surface area contributed by atoms with Crippen LogP contribution in [0.4, 0.5) is 0 Å². The number of nitrogens with zero attached hydrogens (tertiary/aromatic N) is 1. The summed E-state index contributed by atoms with van der Waals surface area (Å²) in [5, 5.41) is 4.92. The molecule has 0 amide bonds. The smallest absolute Gasteiger partial charge is 0.0818 e. The molecule has 2 aliphatic rings. The summed E-state index contributed by atoms with van der Waals surface area (Å²) in [6.07, 6.45) is 1.34. The van der Waals surface area contributed by atoms with Crippen molar-refractivity contribution in [1.29, 1.82) is 0 Å². The van der Waals surface area contributed by atoms with E-state index in [1.54, 1.807) is 0 Å². The zero-order valence-corrected chi connectivity index (χ0v) is 10.7. The Balaban J connectivity index is 2.11. The number of hydrogen-bond donors (Lipinski definition) is 1. The largest absolute Gasteiger partial charge is 0.372 e. The van der Waals surface area contributed by atoms with E-state index in [2.05, 4.69) is 35.0 Å². The molecule has 1 unspecified atom stereocenters. The Labute approximate surface area is 107 Å². The monoisotopic (exact) mass is 242 g/mol. The second-order valence-corrected chi connectivity index (χ2v) is 5.26. The molecule has 1 aromatic heterocycles. The molecule has 4 rings (SSSR count). The predicted molar refractivity (Wildman–Crippen MR) is 71.7 cm³/mol. The Kier molecular flexibility index (Phi) is 2.26. The van der Waals surface area contributed by atoms with Crippen LogP contribution in [0.5, 0.6) is 0 Å². The third-order valence-corrected chi connectivity index (χ3v) is 4.30. The van der Waals surface area contributed by atoms with Crippen LogP contribution in [0, 0.1) is 0 Å². The summed E-state index contributed by atoms with van der Waals surface area (Å²) in [6.45, 7) is 6.08. The van der Waals surface area contributed by atoms with E-state index in [1.807, 2.05) is 0 Å². The zero-order chi connectivity index (χ0) is 12.1. The Morgan fingerprint density at radius 2 is 2.33 bits per heavy atom. The summed E-state index contributed by atoms with van der Waals surface area (Å²) in [5.41, 5.74) is 5.79. The average Bonchev–Trinajstić information content (AvgIpc) is 2.63. The van der Waals surface area contributed by atoms with Crippen LogP contribution in [0.2, 0.25) is 0 Å². The lowest BCUT2D eigenvalue weighted by Gasteiger charge is -2.16. The lowest BCUT2D eigenvalue weighted by Crippen LogP contribution is -2.25. The first-order valence-corrected chi connectivity index (χ1v) is 6.81. The lowest BCUT2D eigenvalue weighted by molar-refractivity contribution is 0.0658. The van der Waals surface area contributed by atoms with Crippen LogP contribution in [0.15, 0.2) is 18.2 Å². The normalized spacial score (nSPS) is 22.8. The molecule has 0 saturated carbocycles. The van der Waals surface area contributed by atoms with E-state index in [0.717, 1.165) is 32.7 Å². The molecule has 1 N–H and O–H groups in total. The minimum Gasteiger partial charge on any atom is -0.372 e.